The highest BCUT2D eigenvalue weighted by molar-refractivity contribution is 7.54. The van der Waals surface area contributed by atoms with Gasteiger partial charge in [-0.05, 0) is 40.5 Å². The molecule has 0 saturated heterocycles. The fourth-order valence-electron chi connectivity index (χ4n) is 2.99. The molecule has 9 heteroatoms. The van der Waals surface area contributed by atoms with Gasteiger partial charge in [0.25, 0.3) is 0 Å². The molecule has 1 rings (SSSR count). The van der Waals surface area contributed by atoms with Crippen molar-refractivity contribution in [2.75, 3.05) is 38.8 Å². The van der Waals surface area contributed by atoms with E-state index in [2.05, 4.69) is 0 Å². The van der Waals surface area contributed by atoms with Gasteiger partial charge in [-0.2, -0.15) is 0 Å². The van der Waals surface area contributed by atoms with E-state index in [1.807, 2.05) is 0 Å². The summed E-state index contributed by atoms with van der Waals surface area (Å²) >= 11 is 0. The molecule has 0 aliphatic heterocycles. The van der Waals surface area contributed by atoms with Gasteiger partial charge < -0.3 is 18.1 Å². The maximum Gasteiger partial charge on any atom is 0.331 e. The summed E-state index contributed by atoms with van der Waals surface area (Å²) in [4.78, 5) is 12.6. The van der Waals surface area contributed by atoms with Gasteiger partial charge in [-0.15, -0.1) is 0 Å². The summed E-state index contributed by atoms with van der Waals surface area (Å²) in [5.41, 5.74) is 0. The second kappa shape index (κ2) is 10.2. The molecule has 1 saturated carbocycles. The lowest BCUT2D eigenvalue weighted by Gasteiger charge is -2.21. The molecule has 1 aliphatic carbocycles. The van der Waals surface area contributed by atoms with E-state index in [1.54, 1.807) is 27.7 Å². The largest absolute Gasteiger partial charge is 0.331 e. The monoisotopic (exact) mass is 384 g/mol. The highest BCUT2D eigenvalue weighted by atomic mass is 31.2. The van der Waals surface area contributed by atoms with E-state index in [1.165, 1.54) is 0 Å². The van der Waals surface area contributed by atoms with Gasteiger partial charge in [-0.25, -0.2) is 0 Å². The van der Waals surface area contributed by atoms with Crippen molar-refractivity contribution < 1.29 is 32.0 Å². The molecular weight excluding hydrogens is 354 g/mol. The maximum absolute atomic E-state index is 12.6. The molecule has 1 aliphatic rings. The summed E-state index contributed by atoms with van der Waals surface area (Å²) in [7, 11) is -6.52. The summed E-state index contributed by atoms with van der Waals surface area (Å²) in [6.07, 6.45) is 1.34. The molecular formula is C15H30O7P2. The van der Waals surface area contributed by atoms with Gasteiger partial charge in [0.15, 0.2) is 0 Å². The highest BCUT2D eigenvalue weighted by Gasteiger charge is 2.43. The number of hydrogen-bond acceptors (Lipinski definition) is 7. The van der Waals surface area contributed by atoms with Crippen molar-refractivity contribution in [2.24, 2.45) is 11.8 Å². The van der Waals surface area contributed by atoms with Gasteiger partial charge in [0.05, 0.1) is 38.8 Å². The zero-order valence-electron chi connectivity index (χ0n) is 15.1. The first-order valence-corrected chi connectivity index (χ1v) is 12.1. The van der Waals surface area contributed by atoms with E-state index in [-0.39, 0.29) is 44.5 Å². The van der Waals surface area contributed by atoms with Crippen molar-refractivity contribution >= 4 is 21.0 Å². The van der Waals surface area contributed by atoms with Crippen LogP contribution >= 0.6 is 15.2 Å². The Morgan fingerprint density at radius 2 is 1.04 bits per heavy atom. The van der Waals surface area contributed by atoms with Gasteiger partial charge in [0.1, 0.15) is 5.78 Å². The van der Waals surface area contributed by atoms with Crippen LogP contribution in [0.4, 0.5) is 0 Å². The minimum Gasteiger partial charge on any atom is -0.309 e. The Labute approximate surface area is 144 Å². The smallest absolute Gasteiger partial charge is 0.309 e. The van der Waals surface area contributed by atoms with E-state index >= 15 is 0 Å². The number of Topliss-reactive ketones (excluding diaryl/α,β-unsaturated/α-hetero) is 1. The molecule has 142 valence electrons. The zero-order chi connectivity index (χ0) is 18.2. The normalized spacial score (nSPS) is 22.2. The molecule has 0 amide bonds. The number of hydrogen-bond donors (Lipinski definition) is 0. The molecule has 24 heavy (non-hydrogen) atoms. The molecule has 0 aromatic heterocycles. The Morgan fingerprint density at radius 1 is 0.750 bits per heavy atom. The van der Waals surface area contributed by atoms with Crippen LogP contribution < -0.4 is 0 Å². The third-order valence-corrected chi connectivity index (χ3v) is 8.24. The van der Waals surface area contributed by atoms with Crippen molar-refractivity contribution in [2.45, 2.75) is 40.5 Å². The molecule has 0 aromatic carbocycles. The molecule has 1 fully saturated rings. The van der Waals surface area contributed by atoms with Gasteiger partial charge >= 0.3 is 15.2 Å². The lowest BCUT2D eigenvalue weighted by Crippen LogP contribution is -2.21. The molecule has 0 spiro atoms. The number of carbonyl (C=O) groups excluding carboxylic acids is 1. The van der Waals surface area contributed by atoms with Crippen molar-refractivity contribution in [1.29, 1.82) is 0 Å². The fraction of sp³-hybridized carbons (Fsp3) is 0.933. The predicted octanol–water partition coefficient (Wildman–Crippen LogP) is 4.11. The number of carbonyl (C=O) groups is 1. The van der Waals surface area contributed by atoms with Crippen molar-refractivity contribution in [3.63, 3.8) is 0 Å². The van der Waals surface area contributed by atoms with E-state index in [4.69, 9.17) is 18.1 Å². The quantitative estimate of drug-likeness (QED) is 0.468. The van der Waals surface area contributed by atoms with E-state index in [0.29, 0.717) is 12.8 Å². The van der Waals surface area contributed by atoms with Gasteiger partial charge in [0, 0.05) is 11.8 Å². The SMILES string of the molecule is CCOP(=O)(CC1CCC(CP(=O)(OCC)OCC)C1=O)OCC. The molecule has 0 heterocycles. The van der Waals surface area contributed by atoms with Crippen LogP contribution in [0.25, 0.3) is 0 Å². The Morgan fingerprint density at radius 3 is 1.29 bits per heavy atom. The van der Waals surface area contributed by atoms with Gasteiger partial charge in [-0.3, -0.25) is 13.9 Å². The first-order chi connectivity index (χ1) is 11.3. The van der Waals surface area contributed by atoms with Crippen molar-refractivity contribution in [3.8, 4) is 0 Å². The minimum absolute atomic E-state index is 0.0470. The van der Waals surface area contributed by atoms with Crippen LogP contribution in [0.15, 0.2) is 0 Å². The van der Waals surface area contributed by atoms with E-state index in [9.17, 15) is 13.9 Å². The standard InChI is InChI=1S/C15H30O7P2/c1-5-19-23(17,20-6-2)11-13-9-10-14(15(13)16)12-24(18,21-7-3)22-8-4/h13-14H,5-12H2,1-4H3. The number of rotatable bonds is 12. The molecule has 0 radical (unpaired) electrons. The Hall–Kier alpha value is -0.0300. The topological polar surface area (TPSA) is 88.1 Å². The lowest BCUT2D eigenvalue weighted by molar-refractivity contribution is -0.123. The van der Waals surface area contributed by atoms with Crippen molar-refractivity contribution in [1.82, 2.24) is 0 Å². The van der Waals surface area contributed by atoms with Crippen LogP contribution in [0.5, 0.6) is 0 Å². The second-order valence-electron chi connectivity index (χ2n) is 5.63. The summed E-state index contributed by atoms with van der Waals surface area (Å²) in [5, 5.41) is 0. The zero-order valence-corrected chi connectivity index (χ0v) is 16.9. The average Bonchev–Trinajstić information content (AvgIpc) is 2.80. The molecule has 2 unspecified atom stereocenters. The Balaban J connectivity index is 2.73. The summed E-state index contributed by atoms with van der Waals surface area (Å²) in [6.45, 7) is 8.04. The van der Waals surface area contributed by atoms with Crippen LogP contribution in [0, 0.1) is 11.8 Å². The second-order valence-corrected chi connectivity index (χ2v) is 9.84. The third-order valence-electron chi connectivity index (χ3n) is 3.86. The average molecular weight is 384 g/mol. The van der Waals surface area contributed by atoms with Crippen LogP contribution in [0.2, 0.25) is 0 Å². The van der Waals surface area contributed by atoms with Gasteiger partial charge in [0.2, 0.25) is 0 Å². The predicted molar refractivity (Wildman–Crippen MR) is 92.7 cm³/mol. The minimum atomic E-state index is -3.26. The number of ketones is 1. The summed E-state index contributed by atoms with van der Waals surface area (Å²) in [6, 6.07) is 0. The first-order valence-electron chi connectivity index (χ1n) is 8.63. The molecule has 0 aromatic rings. The summed E-state index contributed by atoms with van der Waals surface area (Å²) < 4.78 is 46.3. The molecule has 0 N–H and O–H groups in total. The van der Waals surface area contributed by atoms with E-state index in [0.717, 1.165) is 0 Å². The Bertz CT molecular complexity index is 432. The first kappa shape index (κ1) is 22.0. The highest BCUT2D eigenvalue weighted by Crippen LogP contribution is 2.55. The van der Waals surface area contributed by atoms with Gasteiger partial charge in [-0.1, -0.05) is 0 Å². The third kappa shape index (κ3) is 6.36. The lowest BCUT2D eigenvalue weighted by atomic mass is 10.1. The maximum atomic E-state index is 12.6. The molecule has 7 nitrogen and oxygen atoms in total. The molecule has 2 atom stereocenters. The van der Waals surface area contributed by atoms with Crippen LogP contribution in [-0.2, 0) is 32.0 Å². The fourth-order valence-corrected chi connectivity index (χ4v) is 6.94. The van der Waals surface area contributed by atoms with Crippen molar-refractivity contribution in [3.05, 3.63) is 0 Å². The molecule has 0 bridgehead atoms. The van der Waals surface area contributed by atoms with Crippen LogP contribution in [0.3, 0.4) is 0 Å². The Kier molecular flexibility index (Phi) is 9.35. The summed E-state index contributed by atoms with van der Waals surface area (Å²) in [5.74, 6) is -0.833. The van der Waals surface area contributed by atoms with Crippen LogP contribution in [-0.4, -0.2) is 44.5 Å². The van der Waals surface area contributed by atoms with E-state index < -0.39 is 27.0 Å². The van der Waals surface area contributed by atoms with Crippen LogP contribution in [0.1, 0.15) is 40.5 Å².